The van der Waals surface area contributed by atoms with E-state index in [9.17, 15) is 0 Å². The van der Waals surface area contributed by atoms with E-state index in [1.807, 2.05) is 12.1 Å². The highest BCUT2D eigenvalue weighted by molar-refractivity contribution is 5.77. The van der Waals surface area contributed by atoms with E-state index in [4.69, 9.17) is 4.42 Å². The molecule has 1 aromatic carbocycles. The average Bonchev–Trinajstić information content (AvgIpc) is 3.18. The Kier molecular flexibility index (Phi) is 4.61. The number of rotatable bonds is 8. The largest absolute Gasteiger partial charge is 0.459 e. The summed E-state index contributed by atoms with van der Waals surface area (Å²) in [5, 5.41) is 4.83. The Balaban J connectivity index is 1.72. The van der Waals surface area contributed by atoms with Crippen LogP contribution in [0.15, 0.2) is 34.7 Å². The van der Waals surface area contributed by atoms with E-state index >= 15 is 0 Å². The Hall–Kier alpha value is -1.32. The first-order valence-corrected chi connectivity index (χ1v) is 8.16. The number of nitrogens with zero attached hydrogens (tertiary/aromatic N) is 1. The van der Waals surface area contributed by atoms with Gasteiger partial charge in [-0.15, -0.1) is 0 Å². The SMILES string of the molecule is CCCNC(CN(C)CC1CC1)c1cc2ccccc2o1. The highest BCUT2D eigenvalue weighted by Gasteiger charge is 2.25. The van der Waals surface area contributed by atoms with Gasteiger partial charge in [-0.05, 0) is 50.9 Å². The van der Waals surface area contributed by atoms with Crippen LogP contribution in [-0.2, 0) is 0 Å². The molecule has 0 aliphatic heterocycles. The van der Waals surface area contributed by atoms with Gasteiger partial charge in [-0.25, -0.2) is 0 Å². The number of benzene rings is 1. The molecule has 1 aromatic heterocycles. The monoisotopic (exact) mass is 286 g/mol. The smallest absolute Gasteiger partial charge is 0.134 e. The topological polar surface area (TPSA) is 28.4 Å². The van der Waals surface area contributed by atoms with Gasteiger partial charge in [-0.1, -0.05) is 25.1 Å². The highest BCUT2D eigenvalue weighted by atomic mass is 16.3. The fourth-order valence-corrected chi connectivity index (χ4v) is 2.88. The molecule has 1 aliphatic rings. The molecule has 1 heterocycles. The normalized spacial score (nSPS) is 16.7. The maximum atomic E-state index is 6.06. The van der Waals surface area contributed by atoms with E-state index in [-0.39, 0.29) is 6.04 Å². The lowest BCUT2D eigenvalue weighted by molar-refractivity contribution is 0.264. The van der Waals surface area contributed by atoms with Crippen molar-refractivity contribution < 1.29 is 4.42 Å². The van der Waals surface area contributed by atoms with Gasteiger partial charge in [-0.2, -0.15) is 0 Å². The van der Waals surface area contributed by atoms with Crippen molar-refractivity contribution in [3.8, 4) is 0 Å². The molecular formula is C18H26N2O. The van der Waals surface area contributed by atoms with Crippen molar-refractivity contribution in [2.75, 3.05) is 26.7 Å². The first-order valence-electron chi connectivity index (χ1n) is 8.16. The number of fused-ring (bicyclic) bond motifs is 1. The van der Waals surface area contributed by atoms with Crippen LogP contribution in [-0.4, -0.2) is 31.6 Å². The number of hydrogen-bond acceptors (Lipinski definition) is 3. The zero-order valence-electron chi connectivity index (χ0n) is 13.1. The second kappa shape index (κ2) is 6.63. The van der Waals surface area contributed by atoms with Crippen LogP contribution >= 0.6 is 0 Å². The fourth-order valence-electron chi connectivity index (χ4n) is 2.88. The maximum Gasteiger partial charge on any atom is 0.134 e. The van der Waals surface area contributed by atoms with Crippen LogP contribution in [0.5, 0.6) is 0 Å². The number of hydrogen-bond donors (Lipinski definition) is 1. The van der Waals surface area contributed by atoms with Gasteiger partial charge in [0, 0.05) is 18.5 Å². The van der Waals surface area contributed by atoms with Crippen molar-refractivity contribution >= 4 is 11.0 Å². The molecule has 2 aromatic rings. The van der Waals surface area contributed by atoms with Gasteiger partial charge in [0.15, 0.2) is 0 Å². The lowest BCUT2D eigenvalue weighted by Crippen LogP contribution is -2.34. The lowest BCUT2D eigenvalue weighted by atomic mass is 10.1. The van der Waals surface area contributed by atoms with Crippen LogP contribution in [0.4, 0.5) is 0 Å². The molecule has 0 amide bonds. The molecule has 1 saturated carbocycles. The number of nitrogens with one attached hydrogen (secondary N) is 1. The molecule has 3 heteroatoms. The van der Waals surface area contributed by atoms with Crippen molar-refractivity contribution in [2.24, 2.45) is 5.92 Å². The summed E-state index contributed by atoms with van der Waals surface area (Å²) in [5.41, 5.74) is 0.987. The van der Waals surface area contributed by atoms with Gasteiger partial charge in [-0.3, -0.25) is 0 Å². The van der Waals surface area contributed by atoms with E-state index in [2.05, 4.69) is 42.4 Å². The summed E-state index contributed by atoms with van der Waals surface area (Å²) in [4.78, 5) is 2.44. The molecule has 1 fully saturated rings. The van der Waals surface area contributed by atoms with Crippen LogP contribution in [0, 0.1) is 5.92 Å². The molecule has 1 aliphatic carbocycles. The molecule has 1 atom stereocenters. The van der Waals surface area contributed by atoms with Crippen LogP contribution in [0.1, 0.15) is 38.0 Å². The molecule has 0 bridgehead atoms. The summed E-state index contributed by atoms with van der Waals surface area (Å²) in [6, 6.07) is 10.7. The predicted molar refractivity (Wildman–Crippen MR) is 87.5 cm³/mol. The van der Waals surface area contributed by atoms with Gasteiger partial charge in [0.25, 0.3) is 0 Å². The number of para-hydroxylation sites is 1. The Morgan fingerprint density at radius 1 is 1.33 bits per heavy atom. The zero-order chi connectivity index (χ0) is 14.7. The lowest BCUT2D eigenvalue weighted by Gasteiger charge is -2.23. The predicted octanol–water partition coefficient (Wildman–Crippen LogP) is 3.82. The first-order chi connectivity index (χ1) is 10.3. The van der Waals surface area contributed by atoms with Crippen LogP contribution in [0.2, 0.25) is 0 Å². The molecule has 0 spiro atoms. The summed E-state index contributed by atoms with van der Waals surface area (Å²) >= 11 is 0. The summed E-state index contributed by atoms with van der Waals surface area (Å²) < 4.78 is 6.06. The first kappa shape index (κ1) is 14.6. The quantitative estimate of drug-likeness (QED) is 0.800. The maximum absolute atomic E-state index is 6.06. The summed E-state index contributed by atoms with van der Waals surface area (Å²) in [6.45, 7) is 5.45. The molecule has 21 heavy (non-hydrogen) atoms. The van der Waals surface area contributed by atoms with Crippen molar-refractivity contribution in [1.29, 1.82) is 0 Å². The van der Waals surface area contributed by atoms with Gasteiger partial charge in [0.2, 0.25) is 0 Å². The Morgan fingerprint density at radius 2 is 2.14 bits per heavy atom. The van der Waals surface area contributed by atoms with E-state index in [1.165, 1.54) is 24.8 Å². The third-order valence-corrected chi connectivity index (χ3v) is 4.19. The molecule has 0 radical (unpaired) electrons. The highest BCUT2D eigenvalue weighted by Crippen LogP contribution is 2.30. The summed E-state index contributed by atoms with van der Waals surface area (Å²) in [7, 11) is 2.22. The van der Waals surface area contributed by atoms with Crippen molar-refractivity contribution in [3.05, 3.63) is 36.1 Å². The second-order valence-electron chi connectivity index (χ2n) is 6.36. The van der Waals surface area contributed by atoms with Crippen molar-refractivity contribution in [2.45, 2.75) is 32.2 Å². The third-order valence-electron chi connectivity index (χ3n) is 4.19. The van der Waals surface area contributed by atoms with Crippen molar-refractivity contribution in [1.82, 2.24) is 10.2 Å². The van der Waals surface area contributed by atoms with E-state index in [1.54, 1.807) is 0 Å². The van der Waals surface area contributed by atoms with Crippen LogP contribution in [0.3, 0.4) is 0 Å². The Bertz CT molecular complexity index is 540. The van der Waals surface area contributed by atoms with Crippen LogP contribution < -0.4 is 5.32 Å². The number of furan rings is 1. The average molecular weight is 286 g/mol. The van der Waals surface area contributed by atoms with Gasteiger partial charge < -0.3 is 14.6 Å². The molecule has 1 N–H and O–H groups in total. The van der Waals surface area contributed by atoms with Crippen LogP contribution in [0.25, 0.3) is 11.0 Å². The second-order valence-corrected chi connectivity index (χ2v) is 6.36. The molecule has 3 rings (SSSR count). The molecule has 0 saturated heterocycles. The van der Waals surface area contributed by atoms with Gasteiger partial charge in [0.1, 0.15) is 11.3 Å². The summed E-state index contributed by atoms with van der Waals surface area (Å²) in [6.07, 6.45) is 3.95. The molecule has 3 nitrogen and oxygen atoms in total. The van der Waals surface area contributed by atoms with Gasteiger partial charge in [0.05, 0.1) is 6.04 Å². The fraction of sp³-hybridized carbons (Fsp3) is 0.556. The van der Waals surface area contributed by atoms with E-state index < -0.39 is 0 Å². The minimum absolute atomic E-state index is 0.279. The molecular weight excluding hydrogens is 260 g/mol. The Morgan fingerprint density at radius 3 is 2.86 bits per heavy atom. The minimum atomic E-state index is 0.279. The zero-order valence-corrected chi connectivity index (χ0v) is 13.1. The summed E-state index contributed by atoms with van der Waals surface area (Å²) in [5.74, 6) is 1.99. The Labute approximate surface area is 127 Å². The van der Waals surface area contributed by atoms with E-state index in [0.29, 0.717) is 0 Å². The number of likely N-dealkylation sites (N-methyl/N-ethyl adjacent to an activating group) is 1. The molecule has 1 unspecified atom stereocenters. The molecule has 114 valence electrons. The standard InChI is InChI=1S/C18H26N2O/c1-3-10-19-16(13-20(2)12-14-8-9-14)18-11-15-6-4-5-7-17(15)21-18/h4-7,11,14,16,19H,3,8-10,12-13H2,1-2H3. The van der Waals surface area contributed by atoms with E-state index in [0.717, 1.165) is 36.8 Å². The minimum Gasteiger partial charge on any atom is -0.459 e. The van der Waals surface area contributed by atoms with Gasteiger partial charge >= 0.3 is 0 Å². The third kappa shape index (κ3) is 3.86. The van der Waals surface area contributed by atoms with Crippen molar-refractivity contribution in [3.63, 3.8) is 0 Å².